The van der Waals surface area contributed by atoms with Crippen LogP contribution in [0.3, 0.4) is 0 Å². The molecule has 2 atom stereocenters. The number of hydrogen-bond acceptors (Lipinski definition) is 4. The minimum Gasteiger partial charge on any atom is -0.479 e. The smallest absolute Gasteiger partial charge is 0.347 e. The molecule has 0 bridgehead atoms. The first-order chi connectivity index (χ1) is 9.08. The predicted octanol–water partition coefficient (Wildman–Crippen LogP) is 2.85. The van der Waals surface area contributed by atoms with Crippen LogP contribution in [0.15, 0.2) is 24.3 Å². The Hall–Kier alpha value is -1.55. The third-order valence-corrected chi connectivity index (χ3v) is 2.74. The van der Waals surface area contributed by atoms with Gasteiger partial charge in [0.15, 0.2) is 6.10 Å². The van der Waals surface area contributed by atoms with Crippen molar-refractivity contribution in [1.82, 2.24) is 0 Å². The van der Waals surface area contributed by atoms with Crippen molar-refractivity contribution in [3.63, 3.8) is 0 Å². The van der Waals surface area contributed by atoms with Gasteiger partial charge in [0.05, 0.1) is 12.7 Å². The summed E-state index contributed by atoms with van der Waals surface area (Å²) in [4.78, 5) is 11.7. The highest BCUT2D eigenvalue weighted by atomic mass is 16.6. The Morgan fingerprint density at radius 3 is 2.37 bits per heavy atom. The van der Waals surface area contributed by atoms with E-state index in [1.54, 1.807) is 38.1 Å². The topological polar surface area (TPSA) is 55.8 Å². The first kappa shape index (κ1) is 15.5. The average molecular weight is 266 g/mol. The molecule has 1 aromatic rings. The minimum atomic E-state index is -0.567. The summed E-state index contributed by atoms with van der Waals surface area (Å²) >= 11 is 0. The van der Waals surface area contributed by atoms with Gasteiger partial charge in [-0.25, -0.2) is 4.79 Å². The molecule has 1 unspecified atom stereocenters. The normalized spacial score (nSPS) is 13.7. The van der Waals surface area contributed by atoms with Gasteiger partial charge in [0, 0.05) is 0 Å². The molecule has 0 radical (unpaired) electrons. The third-order valence-electron chi connectivity index (χ3n) is 2.74. The zero-order valence-corrected chi connectivity index (χ0v) is 11.8. The fourth-order valence-corrected chi connectivity index (χ4v) is 1.71. The van der Waals surface area contributed by atoms with Crippen LogP contribution in [0.25, 0.3) is 0 Å². The van der Waals surface area contributed by atoms with E-state index in [0.717, 1.165) is 12.0 Å². The summed E-state index contributed by atoms with van der Waals surface area (Å²) in [5.74, 6) is 0.278. The Balaban J connectivity index is 2.70. The van der Waals surface area contributed by atoms with Gasteiger partial charge in [-0.3, -0.25) is 0 Å². The molecule has 19 heavy (non-hydrogen) atoms. The monoisotopic (exact) mass is 266 g/mol. The van der Waals surface area contributed by atoms with Crippen molar-refractivity contribution in [2.75, 3.05) is 6.61 Å². The molecule has 1 N–H and O–H groups in total. The molecule has 1 aromatic carbocycles. The molecule has 0 aromatic heterocycles. The summed E-state index contributed by atoms with van der Waals surface area (Å²) in [7, 11) is 0. The fourth-order valence-electron chi connectivity index (χ4n) is 1.71. The molecule has 0 saturated carbocycles. The number of hydrogen-bond donors (Lipinski definition) is 1. The van der Waals surface area contributed by atoms with Crippen molar-refractivity contribution >= 4 is 5.97 Å². The van der Waals surface area contributed by atoms with Crippen LogP contribution in [0, 0.1) is 0 Å². The number of carbonyl (C=O) groups excluding carboxylic acids is 1. The lowest BCUT2D eigenvalue weighted by Gasteiger charge is -2.17. The van der Waals surface area contributed by atoms with E-state index in [0.29, 0.717) is 18.8 Å². The third kappa shape index (κ3) is 4.91. The van der Waals surface area contributed by atoms with Crippen molar-refractivity contribution in [3.05, 3.63) is 29.8 Å². The van der Waals surface area contributed by atoms with Crippen LogP contribution in [-0.4, -0.2) is 23.8 Å². The van der Waals surface area contributed by atoms with Crippen LogP contribution in [0.1, 0.15) is 45.3 Å². The highest BCUT2D eigenvalue weighted by molar-refractivity contribution is 5.75. The Morgan fingerprint density at radius 2 is 1.89 bits per heavy atom. The molecule has 0 saturated heterocycles. The van der Waals surface area contributed by atoms with Crippen molar-refractivity contribution < 1.29 is 19.4 Å². The number of esters is 1. The minimum absolute atomic E-state index is 0.330. The van der Waals surface area contributed by atoms with Crippen LogP contribution in [0.2, 0.25) is 0 Å². The zero-order valence-electron chi connectivity index (χ0n) is 11.8. The number of ether oxygens (including phenoxy) is 2. The number of rotatable bonds is 7. The van der Waals surface area contributed by atoms with E-state index in [1.807, 2.05) is 6.92 Å². The van der Waals surface area contributed by atoms with Gasteiger partial charge in [-0.05, 0) is 38.0 Å². The molecule has 4 heteroatoms. The molecule has 1 rings (SSSR count). The van der Waals surface area contributed by atoms with E-state index in [9.17, 15) is 9.90 Å². The maximum atomic E-state index is 11.7. The van der Waals surface area contributed by atoms with E-state index < -0.39 is 12.2 Å². The van der Waals surface area contributed by atoms with Gasteiger partial charge >= 0.3 is 5.97 Å². The van der Waals surface area contributed by atoms with Gasteiger partial charge in [-0.2, -0.15) is 0 Å². The zero-order chi connectivity index (χ0) is 14.3. The van der Waals surface area contributed by atoms with E-state index in [-0.39, 0.29) is 5.97 Å². The van der Waals surface area contributed by atoms with Crippen molar-refractivity contribution in [1.29, 1.82) is 0 Å². The number of carbonyl (C=O) groups is 1. The second-order valence-corrected chi connectivity index (χ2v) is 4.39. The van der Waals surface area contributed by atoms with E-state index in [2.05, 4.69) is 0 Å². The van der Waals surface area contributed by atoms with Gasteiger partial charge in [-0.15, -0.1) is 0 Å². The Labute approximate surface area is 114 Å². The maximum absolute atomic E-state index is 11.7. The highest BCUT2D eigenvalue weighted by Gasteiger charge is 2.20. The molecule has 0 amide bonds. The van der Waals surface area contributed by atoms with Crippen molar-refractivity contribution in [2.24, 2.45) is 0 Å². The average Bonchev–Trinajstić information content (AvgIpc) is 2.39. The van der Waals surface area contributed by atoms with Gasteiger partial charge in [0.2, 0.25) is 0 Å². The summed E-state index contributed by atoms with van der Waals surface area (Å²) in [5.41, 5.74) is 0.815. The van der Waals surface area contributed by atoms with Crippen LogP contribution >= 0.6 is 0 Å². The van der Waals surface area contributed by atoms with Gasteiger partial charge < -0.3 is 14.6 Å². The van der Waals surface area contributed by atoms with Crippen LogP contribution in [-0.2, 0) is 9.53 Å². The van der Waals surface area contributed by atoms with Crippen LogP contribution < -0.4 is 4.74 Å². The second kappa shape index (κ2) is 7.79. The molecule has 0 aliphatic carbocycles. The van der Waals surface area contributed by atoms with Crippen LogP contribution in [0.5, 0.6) is 5.75 Å². The van der Waals surface area contributed by atoms with Gasteiger partial charge in [0.1, 0.15) is 5.75 Å². The Kier molecular flexibility index (Phi) is 6.36. The maximum Gasteiger partial charge on any atom is 0.347 e. The number of aliphatic hydroxyl groups excluding tert-OH is 1. The second-order valence-electron chi connectivity index (χ2n) is 4.39. The van der Waals surface area contributed by atoms with E-state index in [1.165, 1.54) is 0 Å². The first-order valence-corrected chi connectivity index (χ1v) is 6.69. The number of aliphatic hydroxyl groups is 1. The van der Waals surface area contributed by atoms with Gasteiger partial charge in [-0.1, -0.05) is 25.5 Å². The molecule has 0 aliphatic heterocycles. The van der Waals surface area contributed by atoms with Crippen LogP contribution in [0.4, 0.5) is 0 Å². The lowest BCUT2D eigenvalue weighted by molar-refractivity contribution is -0.151. The number of benzene rings is 1. The fraction of sp³-hybridized carbons (Fsp3) is 0.533. The van der Waals surface area contributed by atoms with E-state index in [4.69, 9.17) is 9.47 Å². The summed E-state index contributed by atoms with van der Waals surface area (Å²) < 4.78 is 10.6. The van der Waals surface area contributed by atoms with E-state index >= 15 is 0 Å². The molecule has 0 heterocycles. The van der Waals surface area contributed by atoms with Crippen molar-refractivity contribution in [3.8, 4) is 5.75 Å². The largest absolute Gasteiger partial charge is 0.479 e. The predicted molar refractivity (Wildman–Crippen MR) is 73.0 cm³/mol. The lowest BCUT2D eigenvalue weighted by atomic mass is 10.1. The molecule has 0 spiro atoms. The summed E-state index contributed by atoms with van der Waals surface area (Å²) in [5, 5.41) is 9.42. The SMILES string of the molecule is CCCC(Oc1ccc([C@@H](C)O)cc1)C(=O)OCC. The van der Waals surface area contributed by atoms with Gasteiger partial charge in [0.25, 0.3) is 0 Å². The Bertz CT molecular complexity index is 384. The molecule has 0 fully saturated rings. The standard InChI is InChI=1S/C15H22O4/c1-4-6-14(15(17)18-5-2)19-13-9-7-12(8-10-13)11(3)16/h7-11,14,16H,4-6H2,1-3H3/t11-,14?/m1/s1. The summed E-state index contributed by atoms with van der Waals surface area (Å²) in [6.45, 7) is 5.82. The molecular formula is C15H22O4. The first-order valence-electron chi connectivity index (χ1n) is 6.69. The molecular weight excluding hydrogens is 244 g/mol. The summed E-state index contributed by atoms with van der Waals surface area (Å²) in [6.07, 6.45) is 0.388. The quantitative estimate of drug-likeness (QED) is 0.771. The highest BCUT2D eigenvalue weighted by Crippen LogP contribution is 2.19. The Morgan fingerprint density at radius 1 is 1.26 bits per heavy atom. The lowest BCUT2D eigenvalue weighted by Crippen LogP contribution is -2.29. The molecule has 0 aliphatic rings. The molecule has 106 valence electrons. The van der Waals surface area contributed by atoms with Crippen molar-refractivity contribution in [2.45, 2.75) is 45.8 Å². The summed E-state index contributed by atoms with van der Waals surface area (Å²) in [6, 6.07) is 7.08. The molecule has 4 nitrogen and oxygen atoms in total.